The van der Waals surface area contributed by atoms with E-state index >= 15 is 0 Å². The highest BCUT2D eigenvalue weighted by atomic mass is 35.5. The van der Waals surface area contributed by atoms with E-state index in [0.29, 0.717) is 0 Å². The lowest BCUT2D eigenvalue weighted by molar-refractivity contribution is 0.123. The molecule has 0 aliphatic carbocycles. The molecule has 15 heavy (non-hydrogen) atoms. The standard InChI is InChI=1S/C10H15N3O.ClH/c11-12-9-3-1-2-4-10(9)13-5-7-14-8-6-13;/h1-4,12H,5-8,11H2;1H. The number of benzene rings is 1. The number of nitrogens with one attached hydrogen (secondary N) is 1. The number of halogens is 1. The van der Waals surface area contributed by atoms with Crippen molar-refractivity contribution < 1.29 is 4.74 Å². The van der Waals surface area contributed by atoms with Gasteiger partial charge in [0, 0.05) is 13.1 Å². The van der Waals surface area contributed by atoms with Gasteiger partial charge in [-0.1, -0.05) is 12.1 Å². The Labute approximate surface area is 95.8 Å². The molecule has 1 fully saturated rings. The van der Waals surface area contributed by atoms with Crippen LogP contribution in [0.5, 0.6) is 0 Å². The minimum Gasteiger partial charge on any atom is -0.378 e. The summed E-state index contributed by atoms with van der Waals surface area (Å²) < 4.78 is 5.30. The maximum absolute atomic E-state index is 5.45. The molecular formula is C10H16ClN3O. The van der Waals surface area contributed by atoms with E-state index in [4.69, 9.17) is 10.6 Å². The molecule has 1 aliphatic heterocycles. The molecule has 0 unspecified atom stereocenters. The summed E-state index contributed by atoms with van der Waals surface area (Å²) in [6.45, 7) is 3.44. The highest BCUT2D eigenvalue weighted by molar-refractivity contribution is 5.85. The summed E-state index contributed by atoms with van der Waals surface area (Å²) >= 11 is 0. The van der Waals surface area contributed by atoms with E-state index in [1.165, 1.54) is 0 Å². The lowest BCUT2D eigenvalue weighted by atomic mass is 10.2. The van der Waals surface area contributed by atoms with E-state index in [-0.39, 0.29) is 12.4 Å². The minimum absolute atomic E-state index is 0. The second-order valence-corrected chi connectivity index (χ2v) is 3.26. The summed E-state index contributed by atoms with van der Waals surface area (Å²) in [5, 5.41) is 0. The second-order valence-electron chi connectivity index (χ2n) is 3.26. The molecule has 1 saturated heterocycles. The molecule has 1 heterocycles. The lowest BCUT2D eigenvalue weighted by Crippen LogP contribution is -2.36. The Balaban J connectivity index is 0.00000112. The van der Waals surface area contributed by atoms with Crippen molar-refractivity contribution in [2.45, 2.75) is 0 Å². The van der Waals surface area contributed by atoms with Crippen LogP contribution in [-0.2, 0) is 4.74 Å². The van der Waals surface area contributed by atoms with Crippen LogP contribution in [0.1, 0.15) is 0 Å². The van der Waals surface area contributed by atoms with Crippen molar-refractivity contribution in [1.29, 1.82) is 0 Å². The average molecular weight is 230 g/mol. The maximum atomic E-state index is 5.45. The SMILES string of the molecule is Cl.NNc1ccccc1N1CCOCC1. The maximum Gasteiger partial charge on any atom is 0.0720 e. The molecule has 4 nitrogen and oxygen atoms in total. The molecule has 1 aromatic rings. The Bertz CT molecular complexity index is 302. The lowest BCUT2D eigenvalue weighted by Gasteiger charge is -2.30. The summed E-state index contributed by atoms with van der Waals surface area (Å²) in [6.07, 6.45) is 0. The van der Waals surface area contributed by atoms with Gasteiger partial charge in [0.1, 0.15) is 0 Å². The van der Waals surface area contributed by atoms with Crippen molar-refractivity contribution in [3.8, 4) is 0 Å². The van der Waals surface area contributed by atoms with Gasteiger partial charge in [-0.2, -0.15) is 0 Å². The number of nitrogens with two attached hydrogens (primary N) is 1. The summed E-state index contributed by atoms with van der Waals surface area (Å²) in [7, 11) is 0. The molecule has 0 bridgehead atoms. The van der Waals surface area contributed by atoms with Crippen LogP contribution in [0.4, 0.5) is 11.4 Å². The third kappa shape index (κ3) is 2.75. The van der Waals surface area contributed by atoms with Gasteiger partial charge >= 0.3 is 0 Å². The normalized spacial score (nSPS) is 15.7. The Hall–Kier alpha value is -0.970. The van der Waals surface area contributed by atoms with Gasteiger partial charge < -0.3 is 15.1 Å². The number of hydrogen-bond acceptors (Lipinski definition) is 4. The molecule has 1 aromatic carbocycles. The van der Waals surface area contributed by atoms with Crippen molar-refractivity contribution in [1.82, 2.24) is 0 Å². The summed E-state index contributed by atoms with van der Waals surface area (Å²) in [6, 6.07) is 8.04. The number of ether oxygens (including phenoxy) is 1. The topological polar surface area (TPSA) is 50.5 Å². The fraction of sp³-hybridized carbons (Fsp3) is 0.400. The van der Waals surface area contributed by atoms with Gasteiger partial charge in [0.05, 0.1) is 24.6 Å². The van der Waals surface area contributed by atoms with E-state index in [1.807, 2.05) is 18.2 Å². The van der Waals surface area contributed by atoms with E-state index in [1.54, 1.807) is 0 Å². The van der Waals surface area contributed by atoms with E-state index < -0.39 is 0 Å². The van der Waals surface area contributed by atoms with Gasteiger partial charge in [-0.15, -0.1) is 12.4 Å². The summed E-state index contributed by atoms with van der Waals surface area (Å²) in [5.74, 6) is 5.45. The van der Waals surface area contributed by atoms with Crippen LogP contribution in [0.15, 0.2) is 24.3 Å². The smallest absolute Gasteiger partial charge is 0.0720 e. The first-order valence-electron chi connectivity index (χ1n) is 4.80. The molecule has 2 rings (SSSR count). The van der Waals surface area contributed by atoms with E-state index in [0.717, 1.165) is 37.7 Å². The predicted molar refractivity (Wildman–Crippen MR) is 64.5 cm³/mol. The average Bonchev–Trinajstić information content (AvgIpc) is 2.30. The van der Waals surface area contributed by atoms with Crippen molar-refractivity contribution in [2.24, 2.45) is 5.84 Å². The van der Waals surface area contributed by atoms with Crippen LogP contribution in [0.2, 0.25) is 0 Å². The predicted octanol–water partition coefficient (Wildman–Crippen LogP) is 1.23. The molecule has 0 atom stereocenters. The molecule has 3 N–H and O–H groups in total. The first kappa shape index (κ1) is 12.1. The van der Waals surface area contributed by atoms with Crippen molar-refractivity contribution in [2.75, 3.05) is 36.6 Å². The van der Waals surface area contributed by atoms with Gasteiger partial charge in [-0.25, -0.2) is 0 Å². The van der Waals surface area contributed by atoms with Crippen LogP contribution < -0.4 is 16.2 Å². The van der Waals surface area contributed by atoms with Crippen molar-refractivity contribution >= 4 is 23.8 Å². The molecule has 0 aromatic heterocycles. The number of morpholine rings is 1. The molecule has 0 amide bonds. The molecule has 84 valence electrons. The number of hydrazine groups is 1. The largest absolute Gasteiger partial charge is 0.378 e. The molecule has 0 saturated carbocycles. The highest BCUT2D eigenvalue weighted by Gasteiger charge is 2.13. The van der Waals surface area contributed by atoms with E-state index in [9.17, 15) is 0 Å². The van der Waals surface area contributed by atoms with E-state index in [2.05, 4.69) is 16.4 Å². The molecule has 1 aliphatic rings. The number of rotatable bonds is 2. The van der Waals surface area contributed by atoms with Crippen LogP contribution >= 0.6 is 12.4 Å². The van der Waals surface area contributed by atoms with Crippen LogP contribution in [0, 0.1) is 0 Å². The van der Waals surface area contributed by atoms with Crippen LogP contribution in [0.3, 0.4) is 0 Å². The van der Waals surface area contributed by atoms with Crippen molar-refractivity contribution in [3.05, 3.63) is 24.3 Å². The number of anilines is 2. The first-order chi connectivity index (χ1) is 6.92. The third-order valence-corrected chi connectivity index (χ3v) is 2.41. The Morgan fingerprint density at radius 3 is 2.53 bits per heavy atom. The van der Waals surface area contributed by atoms with Gasteiger partial charge in [-0.05, 0) is 12.1 Å². The zero-order chi connectivity index (χ0) is 9.80. The van der Waals surface area contributed by atoms with Gasteiger partial charge in [0.15, 0.2) is 0 Å². The quantitative estimate of drug-likeness (QED) is 0.592. The summed E-state index contributed by atoms with van der Waals surface area (Å²) in [5.41, 5.74) is 4.83. The third-order valence-electron chi connectivity index (χ3n) is 2.41. The summed E-state index contributed by atoms with van der Waals surface area (Å²) in [4.78, 5) is 2.28. The Morgan fingerprint density at radius 2 is 1.87 bits per heavy atom. The number of nitrogen functional groups attached to an aromatic ring is 1. The van der Waals surface area contributed by atoms with Crippen molar-refractivity contribution in [3.63, 3.8) is 0 Å². The van der Waals surface area contributed by atoms with Crippen LogP contribution in [-0.4, -0.2) is 26.3 Å². The number of para-hydroxylation sites is 2. The van der Waals surface area contributed by atoms with Gasteiger partial charge in [0.2, 0.25) is 0 Å². The zero-order valence-electron chi connectivity index (χ0n) is 8.48. The first-order valence-corrected chi connectivity index (χ1v) is 4.80. The molecule has 5 heteroatoms. The highest BCUT2D eigenvalue weighted by Crippen LogP contribution is 2.24. The van der Waals surface area contributed by atoms with Gasteiger partial charge in [-0.3, -0.25) is 5.84 Å². The van der Waals surface area contributed by atoms with Crippen LogP contribution in [0.25, 0.3) is 0 Å². The monoisotopic (exact) mass is 229 g/mol. The Kier molecular flexibility index (Phi) is 4.68. The second kappa shape index (κ2) is 5.80. The molecular weight excluding hydrogens is 214 g/mol. The fourth-order valence-corrected chi connectivity index (χ4v) is 1.68. The minimum atomic E-state index is 0. The zero-order valence-corrected chi connectivity index (χ0v) is 9.30. The number of nitrogens with zero attached hydrogens (tertiary/aromatic N) is 1. The molecule has 0 radical (unpaired) electrons. The fourth-order valence-electron chi connectivity index (χ4n) is 1.68. The molecule has 0 spiro atoms. The number of hydrogen-bond donors (Lipinski definition) is 2. The Morgan fingerprint density at radius 1 is 1.20 bits per heavy atom. The van der Waals surface area contributed by atoms with Gasteiger partial charge in [0.25, 0.3) is 0 Å².